The van der Waals surface area contributed by atoms with Gasteiger partial charge in [-0.05, 0) is 12.8 Å². The Morgan fingerprint density at radius 1 is 1.46 bits per heavy atom. The number of halogens is 1. The van der Waals surface area contributed by atoms with Gasteiger partial charge in [-0.1, -0.05) is 0 Å². The molecule has 0 radical (unpaired) electrons. The van der Waals surface area contributed by atoms with Crippen molar-refractivity contribution in [3.8, 4) is 0 Å². The molecule has 0 spiro atoms. The van der Waals surface area contributed by atoms with Crippen LogP contribution in [0.1, 0.15) is 19.3 Å². The lowest BCUT2D eigenvalue weighted by molar-refractivity contribution is -0.133. The molecule has 2 heterocycles. The molecule has 72 valence electrons. The Labute approximate surface area is 84.6 Å². The van der Waals surface area contributed by atoms with E-state index in [1.54, 1.807) is 0 Å². The maximum absolute atomic E-state index is 11.5. The summed E-state index contributed by atoms with van der Waals surface area (Å²) in [7, 11) is 0. The van der Waals surface area contributed by atoms with Crippen molar-refractivity contribution in [3.05, 3.63) is 0 Å². The van der Waals surface area contributed by atoms with Gasteiger partial charge in [0.25, 0.3) is 0 Å². The molecule has 0 aromatic heterocycles. The SMILES string of the molecule is O=C1CC(C2CCCO2)C(=O)N1Br. The largest absolute Gasteiger partial charge is 0.377 e. The zero-order valence-corrected chi connectivity index (χ0v) is 8.62. The highest BCUT2D eigenvalue weighted by atomic mass is 79.9. The van der Waals surface area contributed by atoms with Crippen molar-refractivity contribution in [2.75, 3.05) is 6.61 Å². The minimum absolute atomic E-state index is 0.0426. The summed E-state index contributed by atoms with van der Waals surface area (Å²) in [5.74, 6) is -0.572. The molecule has 0 bridgehead atoms. The van der Waals surface area contributed by atoms with E-state index in [0.29, 0.717) is 6.61 Å². The quantitative estimate of drug-likeness (QED) is 0.510. The molecule has 0 aromatic rings. The molecule has 0 aliphatic carbocycles. The molecule has 0 aromatic carbocycles. The first-order valence-corrected chi connectivity index (χ1v) is 5.05. The molecule has 4 nitrogen and oxygen atoms in total. The van der Waals surface area contributed by atoms with E-state index in [9.17, 15) is 9.59 Å². The Morgan fingerprint density at radius 3 is 2.69 bits per heavy atom. The summed E-state index contributed by atoms with van der Waals surface area (Å²) < 4.78 is 6.41. The maximum Gasteiger partial charge on any atom is 0.245 e. The third-order valence-electron chi connectivity index (χ3n) is 2.54. The van der Waals surface area contributed by atoms with Crippen molar-refractivity contribution >= 4 is 28.0 Å². The highest BCUT2D eigenvalue weighted by Crippen LogP contribution is 2.31. The van der Waals surface area contributed by atoms with Crippen LogP contribution in [0.25, 0.3) is 0 Å². The zero-order valence-electron chi connectivity index (χ0n) is 7.03. The molecule has 2 atom stereocenters. The van der Waals surface area contributed by atoms with Crippen LogP contribution in [0.4, 0.5) is 0 Å². The lowest BCUT2D eigenvalue weighted by atomic mass is 9.98. The smallest absolute Gasteiger partial charge is 0.245 e. The van der Waals surface area contributed by atoms with E-state index in [4.69, 9.17) is 4.74 Å². The molecule has 2 unspecified atom stereocenters. The number of hydrogen-bond acceptors (Lipinski definition) is 3. The van der Waals surface area contributed by atoms with E-state index in [1.165, 1.54) is 0 Å². The van der Waals surface area contributed by atoms with Gasteiger partial charge in [0.1, 0.15) is 0 Å². The molecule has 0 saturated carbocycles. The molecule has 2 aliphatic rings. The summed E-state index contributed by atoms with van der Waals surface area (Å²) >= 11 is 2.94. The van der Waals surface area contributed by atoms with E-state index in [-0.39, 0.29) is 30.3 Å². The van der Waals surface area contributed by atoms with E-state index in [0.717, 1.165) is 16.8 Å². The zero-order chi connectivity index (χ0) is 9.42. The van der Waals surface area contributed by atoms with Gasteiger partial charge in [-0.3, -0.25) is 9.59 Å². The van der Waals surface area contributed by atoms with Gasteiger partial charge >= 0.3 is 0 Å². The number of imide groups is 1. The fourth-order valence-corrected chi connectivity index (χ4v) is 2.24. The topological polar surface area (TPSA) is 46.6 Å². The highest BCUT2D eigenvalue weighted by Gasteiger charge is 2.43. The molecule has 2 rings (SSSR count). The minimum atomic E-state index is -0.255. The van der Waals surface area contributed by atoms with Crippen molar-refractivity contribution < 1.29 is 14.3 Å². The van der Waals surface area contributed by atoms with Crippen molar-refractivity contribution in [3.63, 3.8) is 0 Å². The van der Waals surface area contributed by atoms with E-state index in [1.807, 2.05) is 0 Å². The standard InChI is InChI=1S/C8H10BrNO3/c9-10-7(11)4-5(8(10)12)6-2-1-3-13-6/h5-6H,1-4H2. The average Bonchev–Trinajstić information content (AvgIpc) is 2.70. The molecular formula is C8H10BrNO3. The third kappa shape index (κ3) is 1.50. The van der Waals surface area contributed by atoms with Gasteiger partial charge in [-0.2, -0.15) is 0 Å². The van der Waals surface area contributed by atoms with Crippen molar-refractivity contribution in [2.45, 2.75) is 25.4 Å². The van der Waals surface area contributed by atoms with Crippen molar-refractivity contribution in [2.24, 2.45) is 5.92 Å². The van der Waals surface area contributed by atoms with Gasteiger partial charge in [0.05, 0.1) is 28.2 Å². The fourth-order valence-electron chi connectivity index (χ4n) is 1.83. The van der Waals surface area contributed by atoms with Crippen molar-refractivity contribution in [1.29, 1.82) is 0 Å². The molecule has 2 fully saturated rings. The molecule has 5 heteroatoms. The molecule has 13 heavy (non-hydrogen) atoms. The Morgan fingerprint density at radius 2 is 2.23 bits per heavy atom. The fraction of sp³-hybridized carbons (Fsp3) is 0.750. The van der Waals surface area contributed by atoms with E-state index >= 15 is 0 Å². The van der Waals surface area contributed by atoms with Crippen LogP contribution in [0, 0.1) is 5.92 Å². The predicted molar refractivity (Wildman–Crippen MR) is 47.9 cm³/mol. The molecule has 2 aliphatic heterocycles. The van der Waals surface area contributed by atoms with Gasteiger partial charge in [0, 0.05) is 13.0 Å². The summed E-state index contributed by atoms with van der Waals surface area (Å²) in [5.41, 5.74) is 0. The van der Waals surface area contributed by atoms with Gasteiger partial charge in [0.2, 0.25) is 11.8 Å². The number of rotatable bonds is 1. The average molecular weight is 248 g/mol. The Balaban J connectivity index is 2.08. The number of carbonyl (C=O) groups is 2. The van der Waals surface area contributed by atoms with Crippen LogP contribution in [0.15, 0.2) is 0 Å². The minimum Gasteiger partial charge on any atom is -0.377 e. The van der Waals surface area contributed by atoms with Crippen LogP contribution in [0.2, 0.25) is 0 Å². The van der Waals surface area contributed by atoms with E-state index < -0.39 is 0 Å². The Kier molecular flexibility index (Phi) is 2.38. The lowest BCUT2D eigenvalue weighted by Crippen LogP contribution is -2.27. The summed E-state index contributed by atoms with van der Waals surface area (Å²) in [4.78, 5) is 22.6. The molecular weight excluding hydrogens is 238 g/mol. The van der Waals surface area contributed by atoms with Crippen molar-refractivity contribution in [1.82, 2.24) is 3.93 Å². The van der Waals surface area contributed by atoms with Crippen LogP contribution in [0.5, 0.6) is 0 Å². The number of ether oxygens (including phenoxy) is 1. The van der Waals surface area contributed by atoms with E-state index in [2.05, 4.69) is 16.1 Å². The van der Waals surface area contributed by atoms with Gasteiger partial charge in [-0.25, -0.2) is 3.93 Å². The first kappa shape index (κ1) is 9.15. The molecule has 2 amide bonds. The first-order chi connectivity index (χ1) is 6.20. The Bertz CT molecular complexity index is 250. The normalized spacial score (nSPS) is 34.7. The highest BCUT2D eigenvalue weighted by molar-refractivity contribution is 9.08. The van der Waals surface area contributed by atoms with Crippen LogP contribution < -0.4 is 0 Å². The second-order valence-corrected chi connectivity index (χ2v) is 4.08. The summed E-state index contributed by atoms with van der Waals surface area (Å²) in [6.07, 6.45) is 2.13. The summed E-state index contributed by atoms with van der Waals surface area (Å²) in [6, 6.07) is 0. The Hall–Kier alpha value is -0.420. The monoisotopic (exact) mass is 247 g/mol. The number of nitrogens with zero attached hydrogens (tertiary/aromatic N) is 1. The molecule has 2 saturated heterocycles. The van der Waals surface area contributed by atoms with Crippen LogP contribution in [-0.4, -0.2) is 28.5 Å². The summed E-state index contributed by atoms with van der Waals surface area (Å²) in [6.45, 7) is 0.713. The van der Waals surface area contributed by atoms with Gasteiger partial charge in [-0.15, -0.1) is 0 Å². The van der Waals surface area contributed by atoms with Gasteiger partial charge < -0.3 is 4.74 Å². The van der Waals surface area contributed by atoms with Gasteiger partial charge in [0.15, 0.2) is 0 Å². The third-order valence-corrected chi connectivity index (χ3v) is 3.28. The predicted octanol–water partition coefficient (Wildman–Crippen LogP) is 0.850. The second kappa shape index (κ2) is 3.38. The number of hydrogen-bond donors (Lipinski definition) is 0. The number of amides is 2. The second-order valence-electron chi connectivity index (χ2n) is 3.37. The summed E-state index contributed by atoms with van der Waals surface area (Å²) in [5, 5.41) is 0. The van der Waals surface area contributed by atoms with Crippen LogP contribution in [0.3, 0.4) is 0 Å². The lowest BCUT2D eigenvalue weighted by Gasteiger charge is -2.14. The van der Waals surface area contributed by atoms with Crippen LogP contribution in [-0.2, 0) is 14.3 Å². The first-order valence-electron chi connectivity index (χ1n) is 4.34. The molecule has 0 N–H and O–H groups in total. The number of carbonyl (C=O) groups excluding carboxylic acids is 2. The van der Waals surface area contributed by atoms with Crippen LogP contribution >= 0.6 is 16.1 Å². The maximum atomic E-state index is 11.5.